The fourth-order valence-electron chi connectivity index (χ4n) is 1.78. The van der Waals surface area contributed by atoms with Crippen molar-refractivity contribution < 1.29 is 9.90 Å². The highest BCUT2D eigenvalue weighted by molar-refractivity contribution is 5.94. The predicted molar refractivity (Wildman–Crippen MR) is 81.7 cm³/mol. The number of carbonyl (C=O) groups is 1. The average Bonchev–Trinajstić information content (AvgIpc) is 2.44. The van der Waals surface area contributed by atoms with Crippen LogP contribution in [0.3, 0.4) is 0 Å². The highest BCUT2D eigenvalue weighted by Gasteiger charge is 2.10. The van der Waals surface area contributed by atoms with E-state index in [1.165, 1.54) is 24.0 Å². The first kappa shape index (κ1) is 15.7. The number of benzene rings is 1. The molecular weight excluding hydrogens is 252 g/mol. The van der Waals surface area contributed by atoms with Gasteiger partial charge >= 0.3 is 5.97 Å². The van der Waals surface area contributed by atoms with Gasteiger partial charge < -0.3 is 10.4 Å². The van der Waals surface area contributed by atoms with Crippen molar-refractivity contribution in [3.05, 3.63) is 53.3 Å². The zero-order chi connectivity index (χ0) is 15.1. The number of carboxylic acid groups (broad SMARTS) is 1. The van der Waals surface area contributed by atoms with Gasteiger partial charge in [0.1, 0.15) is 0 Å². The molecule has 0 fully saturated rings. The van der Waals surface area contributed by atoms with Crippen LogP contribution in [-0.2, 0) is 0 Å². The Labute approximate surface area is 119 Å². The Hall–Kier alpha value is -2.36. The number of aryl methyl sites for hydroxylation is 2. The number of nitrogens with one attached hydrogen (secondary N) is 1. The zero-order valence-corrected chi connectivity index (χ0v) is 12.3. The predicted octanol–water partition coefficient (Wildman–Crippen LogP) is 4.17. The number of hydrogen-bond acceptors (Lipinski definition) is 3. The molecule has 1 aromatic heterocycles. The Morgan fingerprint density at radius 2 is 1.85 bits per heavy atom. The van der Waals surface area contributed by atoms with Gasteiger partial charge in [0.2, 0.25) is 0 Å². The molecule has 2 rings (SSSR count). The first-order chi connectivity index (χ1) is 9.58. The van der Waals surface area contributed by atoms with Gasteiger partial charge in [0.05, 0.1) is 17.4 Å². The number of pyridine rings is 1. The topological polar surface area (TPSA) is 62.2 Å². The summed E-state index contributed by atoms with van der Waals surface area (Å²) < 4.78 is 0. The zero-order valence-electron chi connectivity index (χ0n) is 12.3. The molecule has 0 amide bonds. The van der Waals surface area contributed by atoms with E-state index in [0.29, 0.717) is 5.69 Å². The smallest absolute Gasteiger partial charge is 0.337 e. The summed E-state index contributed by atoms with van der Waals surface area (Å²) in [6.07, 6.45) is 2.99. The third-order valence-electron chi connectivity index (χ3n) is 2.70. The van der Waals surface area contributed by atoms with Crippen LogP contribution in [0.2, 0.25) is 0 Å². The summed E-state index contributed by atoms with van der Waals surface area (Å²) in [4.78, 5) is 15.0. The molecule has 2 aromatic rings. The van der Waals surface area contributed by atoms with E-state index in [-0.39, 0.29) is 5.56 Å². The maximum Gasteiger partial charge on any atom is 0.337 e. The Morgan fingerprint density at radius 1 is 1.15 bits per heavy atom. The van der Waals surface area contributed by atoms with E-state index >= 15 is 0 Å². The molecule has 0 saturated heterocycles. The van der Waals surface area contributed by atoms with Gasteiger partial charge in [-0.05, 0) is 31.5 Å². The van der Waals surface area contributed by atoms with E-state index < -0.39 is 5.97 Å². The standard InChI is InChI=1S/C14H14N2O2.C2H6/c1-9-3-4-12(10(2)7-9)16-13-8-15-6-5-11(13)14(17)18;1-2/h3-8,16H,1-2H3,(H,17,18);1-2H3. The van der Waals surface area contributed by atoms with Crippen LogP contribution in [0.1, 0.15) is 35.3 Å². The van der Waals surface area contributed by atoms with Crippen LogP contribution < -0.4 is 5.32 Å². The minimum absolute atomic E-state index is 0.213. The van der Waals surface area contributed by atoms with Gasteiger partial charge in [0.25, 0.3) is 0 Å². The molecule has 2 N–H and O–H groups in total. The highest BCUT2D eigenvalue weighted by Crippen LogP contribution is 2.23. The molecule has 0 aliphatic heterocycles. The van der Waals surface area contributed by atoms with E-state index in [9.17, 15) is 4.79 Å². The van der Waals surface area contributed by atoms with Gasteiger partial charge in [-0.2, -0.15) is 0 Å². The Morgan fingerprint density at radius 3 is 2.45 bits per heavy atom. The van der Waals surface area contributed by atoms with Gasteiger partial charge in [-0.1, -0.05) is 31.5 Å². The number of anilines is 2. The number of nitrogens with zero attached hydrogens (tertiary/aromatic N) is 1. The van der Waals surface area contributed by atoms with E-state index in [1.54, 1.807) is 0 Å². The van der Waals surface area contributed by atoms with Crippen molar-refractivity contribution in [3.63, 3.8) is 0 Å². The van der Waals surface area contributed by atoms with Crippen LogP contribution in [0.4, 0.5) is 11.4 Å². The van der Waals surface area contributed by atoms with Crippen molar-refractivity contribution in [1.82, 2.24) is 4.98 Å². The molecule has 106 valence electrons. The summed E-state index contributed by atoms with van der Waals surface area (Å²) in [6, 6.07) is 7.43. The maximum absolute atomic E-state index is 11.1. The Bertz CT molecular complexity index is 595. The molecule has 1 heterocycles. The molecule has 0 spiro atoms. The maximum atomic E-state index is 11.1. The van der Waals surface area contributed by atoms with Crippen molar-refractivity contribution in [1.29, 1.82) is 0 Å². The monoisotopic (exact) mass is 272 g/mol. The lowest BCUT2D eigenvalue weighted by Gasteiger charge is -2.11. The van der Waals surface area contributed by atoms with Crippen molar-refractivity contribution in [3.8, 4) is 0 Å². The van der Waals surface area contributed by atoms with E-state index in [2.05, 4.69) is 10.3 Å². The van der Waals surface area contributed by atoms with E-state index in [1.807, 2.05) is 45.9 Å². The number of hydrogen-bond donors (Lipinski definition) is 2. The van der Waals surface area contributed by atoms with Crippen molar-refractivity contribution in [2.24, 2.45) is 0 Å². The highest BCUT2D eigenvalue weighted by atomic mass is 16.4. The minimum Gasteiger partial charge on any atom is -0.478 e. The first-order valence-corrected chi connectivity index (χ1v) is 6.59. The molecule has 0 aliphatic carbocycles. The summed E-state index contributed by atoms with van der Waals surface area (Å²) in [7, 11) is 0. The quantitative estimate of drug-likeness (QED) is 0.880. The third-order valence-corrected chi connectivity index (χ3v) is 2.70. The molecule has 0 bridgehead atoms. The fraction of sp³-hybridized carbons (Fsp3) is 0.250. The largest absolute Gasteiger partial charge is 0.478 e. The summed E-state index contributed by atoms with van der Waals surface area (Å²) in [6.45, 7) is 8.00. The number of rotatable bonds is 3. The molecule has 4 nitrogen and oxygen atoms in total. The fourth-order valence-corrected chi connectivity index (χ4v) is 1.78. The average molecular weight is 272 g/mol. The first-order valence-electron chi connectivity index (χ1n) is 6.59. The third kappa shape index (κ3) is 3.82. The van der Waals surface area contributed by atoms with Crippen LogP contribution in [0.15, 0.2) is 36.7 Å². The summed E-state index contributed by atoms with van der Waals surface area (Å²) in [5, 5.41) is 12.2. The number of carboxylic acids is 1. The number of aromatic nitrogens is 1. The second kappa shape index (κ2) is 7.28. The lowest BCUT2D eigenvalue weighted by Crippen LogP contribution is -2.03. The minimum atomic E-state index is -0.968. The Kier molecular flexibility index (Phi) is 5.72. The van der Waals surface area contributed by atoms with Gasteiger partial charge in [-0.25, -0.2) is 4.79 Å². The SMILES string of the molecule is CC.Cc1ccc(Nc2cnccc2C(=O)O)c(C)c1. The molecule has 20 heavy (non-hydrogen) atoms. The van der Waals surface area contributed by atoms with Crippen LogP contribution in [-0.4, -0.2) is 16.1 Å². The number of aromatic carboxylic acids is 1. The second-order valence-corrected chi connectivity index (χ2v) is 4.17. The van der Waals surface area contributed by atoms with Crippen LogP contribution in [0.25, 0.3) is 0 Å². The summed E-state index contributed by atoms with van der Waals surface area (Å²) in [5.74, 6) is -0.968. The van der Waals surface area contributed by atoms with Crippen molar-refractivity contribution in [2.45, 2.75) is 27.7 Å². The molecule has 0 unspecified atom stereocenters. The van der Waals surface area contributed by atoms with Gasteiger partial charge in [0.15, 0.2) is 0 Å². The van der Waals surface area contributed by atoms with Crippen LogP contribution in [0, 0.1) is 13.8 Å². The summed E-state index contributed by atoms with van der Waals surface area (Å²) >= 11 is 0. The van der Waals surface area contributed by atoms with Crippen molar-refractivity contribution >= 4 is 17.3 Å². The van der Waals surface area contributed by atoms with Gasteiger partial charge in [0, 0.05) is 11.9 Å². The summed E-state index contributed by atoms with van der Waals surface area (Å²) in [5.41, 5.74) is 3.83. The van der Waals surface area contributed by atoms with E-state index in [4.69, 9.17) is 5.11 Å². The Balaban J connectivity index is 0.000000956. The molecule has 1 aromatic carbocycles. The molecule has 0 saturated carbocycles. The van der Waals surface area contributed by atoms with Crippen LogP contribution >= 0.6 is 0 Å². The molecular formula is C16H20N2O2. The normalized spacial score (nSPS) is 9.40. The molecule has 4 heteroatoms. The molecule has 0 radical (unpaired) electrons. The van der Waals surface area contributed by atoms with Gasteiger partial charge in [-0.3, -0.25) is 4.98 Å². The van der Waals surface area contributed by atoms with E-state index in [0.717, 1.165) is 11.3 Å². The second-order valence-electron chi connectivity index (χ2n) is 4.17. The molecule has 0 atom stereocenters. The van der Waals surface area contributed by atoms with Crippen molar-refractivity contribution in [2.75, 3.05) is 5.32 Å². The van der Waals surface area contributed by atoms with Crippen LogP contribution in [0.5, 0.6) is 0 Å². The lowest BCUT2D eigenvalue weighted by atomic mass is 10.1. The van der Waals surface area contributed by atoms with Gasteiger partial charge in [-0.15, -0.1) is 0 Å². The molecule has 0 aliphatic rings. The lowest BCUT2D eigenvalue weighted by molar-refractivity contribution is 0.0698.